The van der Waals surface area contributed by atoms with Crippen molar-refractivity contribution in [3.63, 3.8) is 0 Å². The van der Waals surface area contributed by atoms with Gasteiger partial charge in [-0.2, -0.15) is 5.26 Å². The molecule has 1 saturated carbocycles. The van der Waals surface area contributed by atoms with Gasteiger partial charge in [-0.3, -0.25) is 0 Å². The summed E-state index contributed by atoms with van der Waals surface area (Å²) in [6.45, 7) is 5.42. The summed E-state index contributed by atoms with van der Waals surface area (Å²) in [5.74, 6) is -0.374. The molecule has 3 heterocycles. The number of rotatable bonds is 5. The fourth-order valence-corrected chi connectivity index (χ4v) is 4.28. The van der Waals surface area contributed by atoms with Crippen molar-refractivity contribution in [2.45, 2.75) is 64.1 Å². The molecule has 3 N–H and O–H groups in total. The molecule has 35 heavy (non-hydrogen) atoms. The maximum Gasteiger partial charge on any atom is 0.407 e. The van der Waals surface area contributed by atoms with Gasteiger partial charge in [-0.15, -0.1) is 0 Å². The van der Waals surface area contributed by atoms with Crippen molar-refractivity contribution in [2.75, 3.05) is 10.6 Å². The van der Waals surface area contributed by atoms with Gasteiger partial charge >= 0.3 is 6.09 Å². The largest absolute Gasteiger partial charge is 0.444 e. The number of ether oxygens (including phenoxy) is 1. The molecule has 0 aromatic carbocycles. The van der Waals surface area contributed by atoms with Gasteiger partial charge in [0.05, 0.1) is 17.3 Å². The maximum atomic E-state index is 14.9. The molecule has 0 saturated heterocycles. The van der Waals surface area contributed by atoms with Gasteiger partial charge in [-0.1, -0.05) is 12.8 Å². The summed E-state index contributed by atoms with van der Waals surface area (Å²) in [6.07, 6.45) is 6.41. The lowest BCUT2D eigenvalue weighted by molar-refractivity contribution is 0.0488. The van der Waals surface area contributed by atoms with Gasteiger partial charge in [-0.05, 0) is 51.8 Å². The number of alkyl carbamates (subject to hydrolysis) is 1. The number of anilines is 3. The Morgan fingerprint density at radius 3 is 2.69 bits per heavy atom. The summed E-state index contributed by atoms with van der Waals surface area (Å²) in [5.41, 5.74) is 0.952. The molecule has 0 unspecified atom stereocenters. The highest BCUT2D eigenvalue weighted by molar-refractivity contribution is 5.91. The molecule has 2 atom stereocenters. The molecular formula is C25H30FN7O2. The smallest absolute Gasteiger partial charge is 0.407 e. The number of pyridine rings is 2. The number of nitrogens with one attached hydrogen (secondary N) is 3. The number of carbonyl (C=O) groups excluding carboxylic acids is 1. The fraction of sp³-hybridized carbons (Fsp3) is 0.440. The van der Waals surface area contributed by atoms with Gasteiger partial charge in [0.2, 0.25) is 0 Å². The van der Waals surface area contributed by atoms with Crippen LogP contribution in [0.3, 0.4) is 0 Å². The van der Waals surface area contributed by atoms with Crippen LogP contribution in [0.5, 0.6) is 0 Å². The van der Waals surface area contributed by atoms with Crippen LogP contribution in [0.25, 0.3) is 11.0 Å². The predicted octanol–water partition coefficient (Wildman–Crippen LogP) is 4.97. The summed E-state index contributed by atoms with van der Waals surface area (Å²) in [7, 11) is 1.89. The molecule has 1 amide bonds. The predicted molar refractivity (Wildman–Crippen MR) is 132 cm³/mol. The number of fused-ring (bicyclic) bond motifs is 1. The molecule has 184 valence electrons. The van der Waals surface area contributed by atoms with Crippen LogP contribution in [0, 0.1) is 17.1 Å². The van der Waals surface area contributed by atoms with Gasteiger partial charge in [0, 0.05) is 30.9 Å². The second kappa shape index (κ2) is 9.78. The van der Waals surface area contributed by atoms with Crippen LogP contribution in [0.15, 0.2) is 30.6 Å². The third-order valence-electron chi connectivity index (χ3n) is 5.91. The Morgan fingerprint density at radius 2 is 1.97 bits per heavy atom. The van der Waals surface area contributed by atoms with Crippen LogP contribution in [-0.2, 0) is 11.8 Å². The first-order valence-electron chi connectivity index (χ1n) is 11.7. The number of amides is 1. The molecule has 10 heteroatoms. The van der Waals surface area contributed by atoms with E-state index in [1.807, 2.05) is 29.9 Å². The molecule has 9 nitrogen and oxygen atoms in total. The molecule has 1 aliphatic rings. The van der Waals surface area contributed by atoms with Gasteiger partial charge in [0.25, 0.3) is 0 Å². The molecule has 3 aromatic rings. The molecular weight excluding hydrogens is 449 g/mol. The molecule has 0 radical (unpaired) electrons. The number of aryl methyl sites for hydroxylation is 1. The summed E-state index contributed by atoms with van der Waals surface area (Å²) >= 11 is 0. The van der Waals surface area contributed by atoms with E-state index < -0.39 is 17.5 Å². The molecule has 0 bridgehead atoms. The zero-order chi connectivity index (χ0) is 25.2. The summed E-state index contributed by atoms with van der Waals surface area (Å²) in [4.78, 5) is 21.1. The Balaban J connectivity index is 1.58. The van der Waals surface area contributed by atoms with E-state index in [2.05, 4.69) is 25.9 Å². The van der Waals surface area contributed by atoms with Crippen molar-refractivity contribution in [3.8, 4) is 6.07 Å². The third kappa shape index (κ3) is 5.62. The van der Waals surface area contributed by atoms with Gasteiger partial charge in [0.15, 0.2) is 17.5 Å². The van der Waals surface area contributed by atoms with E-state index >= 15 is 0 Å². The van der Waals surface area contributed by atoms with E-state index in [4.69, 9.17) is 4.74 Å². The van der Waals surface area contributed by atoms with Crippen LogP contribution < -0.4 is 16.0 Å². The van der Waals surface area contributed by atoms with E-state index in [-0.39, 0.29) is 29.3 Å². The van der Waals surface area contributed by atoms with Crippen LogP contribution in [0.4, 0.5) is 26.5 Å². The third-order valence-corrected chi connectivity index (χ3v) is 5.91. The number of hydrogen-bond acceptors (Lipinski definition) is 7. The van der Waals surface area contributed by atoms with Gasteiger partial charge in [0.1, 0.15) is 17.3 Å². The minimum atomic E-state index is -0.631. The minimum Gasteiger partial charge on any atom is -0.444 e. The van der Waals surface area contributed by atoms with Gasteiger partial charge in [-0.25, -0.2) is 19.2 Å². The van der Waals surface area contributed by atoms with E-state index in [0.717, 1.165) is 36.7 Å². The lowest BCUT2D eigenvalue weighted by Crippen LogP contribution is -2.50. The Hall–Kier alpha value is -3.87. The lowest BCUT2D eigenvalue weighted by Gasteiger charge is -2.33. The van der Waals surface area contributed by atoms with Crippen molar-refractivity contribution in [1.29, 1.82) is 5.26 Å². The zero-order valence-electron chi connectivity index (χ0n) is 20.4. The quantitative estimate of drug-likeness (QED) is 0.473. The van der Waals surface area contributed by atoms with Crippen molar-refractivity contribution >= 4 is 34.4 Å². The fourth-order valence-electron chi connectivity index (χ4n) is 4.28. The van der Waals surface area contributed by atoms with Crippen LogP contribution in [0.2, 0.25) is 0 Å². The van der Waals surface area contributed by atoms with E-state index in [0.29, 0.717) is 5.69 Å². The standard InChI is InChI=1S/C25H30FN7O2/c1-25(2,3)35-24(34)31-20-8-6-5-7-19(20)30-22-17(26)13-15(14-27)21(32-22)29-18-9-11-28-23-16(18)10-12-33(23)4/h9-13,19-20H,5-8H2,1-4H3,(H,31,34)(H2,28,29,30,32)/t19-,20+/m1/s1. The molecule has 4 rings (SSSR count). The number of nitrogens with zero attached hydrogens (tertiary/aromatic N) is 4. The highest BCUT2D eigenvalue weighted by atomic mass is 19.1. The second-order valence-corrected chi connectivity index (χ2v) is 9.76. The summed E-state index contributed by atoms with van der Waals surface area (Å²) < 4.78 is 22.2. The van der Waals surface area contributed by atoms with E-state index in [9.17, 15) is 14.4 Å². The Bertz CT molecular complexity index is 1280. The average molecular weight is 480 g/mol. The SMILES string of the molecule is Cn1ccc2c(Nc3nc(N[C@@H]4CCCC[C@@H]4NC(=O)OC(C)(C)C)c(F)cc3C#N)ccnc21. The maximum absolute atomic E-state index is 14.9. The minimum absolute atomic E-state index is 0.0211. The van der Waals surface area contributed by atoms with Gasteiger partial charge < -0.3 is 25.3 Å². The molecule has 0 spiro atoms. The average Bonchev–Trinajstić information content (AvgIpc) is 3.17. The summed E-state index contributed by atoms with van der Waals surface area (Å²) in [5, 5.41) is 19.7. The number of nitriles is 1. The van der Waals surface area contributed by atoms with Crippen LogP contribution in [-0.4, -0.2) is 38.3 Å². The van der Waals surface area contributed by atoms with E-state index in [1.165, 1.54) is 6.07 Å². The number of halogens is 1. The van der Waals surface area contributed by atoms with Crippen molar-refractivity contribution in [2.24, 2.45) is 7.05 Å². The van der Waals surface area contributed by atoms with Crippen molar-refractivity contribution < 1.29 is 13.9 Å². The van der Waals surface area contributed by atoms with Crippen LogP contribution in [0.1, 0.15) is 52.0 Å². The van der Waals surface area contributed by atoms with E-state index in [1.54, 1.807) is 33.0 Å². The topological polar surface area (TPSA) is 117 Å². The first-order valence-corrected chi connectivity index (χ1v) is 11.7. The Labute approximate surface area is 203 Å². The van der Waals surface area contributed by atoms with Crippen molar-refractivity contribution in [3.05, 3.63) is 42.0 Å². The highest BCUT2D eigenvalue weighted by Gasteiger charge is 2.29. The molecule has 0 aliphatic heterocycles. The Morgan fingerprint density at radius 1 is 1.23 bits per heavy atom. The molecule has 1 fully saturated rings. The normalized spacial score (nSPS) is 18.1. The lowest BCUT2D eigenvalue weighted by atomic mass is 9.90. The highest BCUT2D eigenvalue weighted by Crippen LogP contribution is 2.29. The van der Waals surface area contributed by atoms with Crippen molar-refractivity contribution in [1.82, 2.24) is 19.9 Å². The number of aromatic nitrogens is 3. The van der Waals surface area contributed by atoms with Crippen LogP contribution >= 0.6 is 0 Å². The zero-order valence-corrected chi connectivity index (χ0v) is 20.4. The Kier molecular flexibility index (Phi) is 6.78. The monoisotopic (exact) mass is 479 g/mol. The number of carbonyl (C=O) groups is 1. The number of hydrogen-bond donors (Lipinski definition) is 3. The first kappa shape index (κ1) is 24.3. The first-order chi connectivity index (χ1) is 16.6. The summed E-state index contributed by atoms with van der Waals surface area (Å²) in [6, 6.07) is 6.39. The molecule has 1 aliphatic carbocycles. The second-order valence-electron chi connectivity index (χ2n) is 9.76. The molecule has 3 aromatic heterocycles.